The number of rotatable bonds is 5. The average molecular weight is 372 g/mol. The number of anilines is 2. The molecule has 0 aliphatic heterocycles. The van der Waals surface area contributed by atoms with E-state index in [1.54, 1.807) is 24.3 Å². The molecule has 0 aromatic heterocycles. The molecule has 0 radical (unpaired) electrons. The molecular weight excluding hydrogens is 358 g/mol. The van der Waals surface area contributed by atoms with Crippen LogP contribution in [0.1, 0.15) is 22.3 Å². The zero-order chi connectivity index (χ0) is 19.1. The molecule has 0 spiro atoms. The average Bonchev–Trinajstić information content (AvgIpc) is 2.63. The number of nitriles is 1. The normalized spacial score (nSPS) is 9.73. The molecule has 2 aromatic rings. The molecule has 0 fully saturated rings. The second-order valence-corrected chi connectivity index (χ2v) is 5.56. The smallest absolute Gasteiger partial charge is 0.337 e. The minimum atomic E-state index is -0.597. The third kappa shape index (κ3) is 5.06. The van der Waals surface area contributed by atoms with Gasteiger partial charge in [-0.05, 0) is 42.5 Å². The first-order valence-electron chi connectivity index (χ1n) is 7.40. The number of benzene rings is 2. The zero-order valence-corrected chi connectivity index (χ0v) is 14.5. The summed E-state index contributed by atoms with van der Waals surface area (Å²) in [6.45, 7) is 0. The number of methoxy groups -OCH3 is 1. The van der Waals surface area contributed by atoms with E-state index in [1.807, 2.05) is 6.07 Å². The Labute approximate surface area is 154 Å². The molecule has 0 bridgehead atoms. The van der Waals surface area contributed by atoms with Crippen LogP contribution in [0.5, 0.6) is 0 Å². The summed E-state index contributed by atoms with van der Waals surface area (Å²) in [5.74, 6) is -1.71. The minimum Gasteiger partial charge on any atom is -0.465 e. The molecule has 0 atom stereocenters. The van der Waals surface area contributed by atoms with Crippen LogP contribution in [-0.4, -0.2) is 24.9 Å². The van der Waals surface area contributed by atoms with Gasteiger partial charge >= 0.3 is 5.97 Å². The first-order valence-corrected chi connectivity index (χ1v) is 7.78. The molecule has 2 aromatic carbocycles. The van der Waals surface area contributed by atoms with Crippen molar-refractivity contribution in [3.8, 4) is 6.07 Å². The van der Waals surface area contributed by atoms with Crippen LogP contribution in [0.2, 0.25) is 5.02 Å². The van der Waals surface area contributed by atoms with E-state index in [9.17, 15) is 14.4 Å². The molecular formula is C18H14ClN3O4. The van der Waals surface area contributed by atoms with Gasteiger partial charge in [0.15, 0.2) is 0 Å². The Balaban J connectivity index is 1.98. The third-order valence-corrected chi connectivity index (χ3v) is 3.61. The molecule has 0 saturated heterocycles. The highest BCUT2D eigenvalue weighted by Crippen LogP contribution is 2.23. The number of ether oxygens (including phenoxy) is 1. The number of hydrogen-bond acceptors (Lipinski definition) is 5. The van der Waals surface area contributed by atoms with Crippen LogP contribution in [0.3, 0.4) is 0 Å². The molecule has 26 heavy (non-hydrogen) atoms. The van der Waals surface area contributed by atoms with E-state index < -0.39 is 24.2 Å². The van der Waals surface area contributed by atoms with E-state index in [4.69, 9.17) is 16.9 Å². The number of esters is 1. The quantitative estimate of drug-likeness (QED) is 0.620. The zero-order valence-electron chi connectivity index (χ0n) is 13.7. The van der Waals surface area contributed by atoms with Crippen LogP contribution in [0, 0.1) is 11.3 Å². The number of carbonyl (C=O) groups excluding carboxylic acids is 3. The van der Waals surface area contributed by atoms with Crippen LogP contribution in [-0.2, 0) is 14.3 Å². The summed E-state index contributed by atoms with van der Waals surface area (Å²) < 4.78 is 4.60. The van der Waals surface area contributed by atoms with Gasteiger partial charge in [0, 0.05) is 5.69 Å². The van der Waals surface area contributed by atoms with Gasteiger partial charge in [0.2, 0.25) is 11.8 Å². The third-order valence-electron chi connectivity index (χ3n) is 3.28. The highest BCUT2D eigenvalue weighted by atomic mass is 35.5. The Morgan fingerprint density at radius 1 is 1.08 bits per heavy atom. The van der Waals surface area contributed by atoms with Gasteiger partial charge in [-0.15, -0.1) is 0 Å². The number of hydrogen-bond donors (Lipinski definition) is 2. The van der Waals surface area contributed by atoms with Gasteiger partial charge in [-0.3, -0.25) is 9.59 Å². The Morgan fingerprint density at radius 2 is 1.73 bits per heavy atom. The van der Waals surface area contributed by atoms with Crippen LogP contribution in [0.15, 0.2) is 42.5 Å². The van der Waals surface area contributed by atoms with Crippen molar-refractivity contribution in [1.82, 2.24) is 0 Å². The fraction of sp³-hybridized carbons (Fsp3) is 0.111. The van der Waals surface area contributed by atoms with E-state index in [1.165, 1.54) is 25.3 Å². The van der Waals surface area contributed by atoms with Crippen molar-refractivity contribution in [2.75, 3.05) is 17.7 Å². The van der Waals surface area contributed by atoms with E-state index in [0.717, 1.165) is 0 Å². The minimum absolute atomic E-state index is 0.200. The highest BCUT2D eigenvalue weighted by Gasteiger charge is 2.14. The largest absolute Gasteiger partial charge is 0.465 e. The number of halogens is 1. The first-order chi connectivity index (χ1) is 12.4. The van der Waals surface area contributed by atoms with E-state index in [0.29, 0.717) is 11.3 Å². The molecule has 8 heteroatoms. The van der Waals surface area contributed by atoms with Gasteiger partial charge in [0.05, 0.1) is 35.0 Å². The Hall–Kier alpha value is -3.37. The summed E-state index contributed by atoms with van der Waals surface area (Å²) in [6.07, 6.45) is -0.446. The topological polar surface area (TPSA) is 108 Å². The van der Waals surface area contributed by atoms with Crippen molar-refractivity contribution in [2.45, 2.75) is 6.42 Å². The molecule has 0 saturated carbocycles. The molecule has 0 heterocycles. The predicted octanol–water partition coefficient (Wildman–Crippen LogP) is 2.97. The number of nitrogens with zero attached hydrogens (tertiary/aromatic N) is 1. The summed E-state index contributed by atoms with van der Waals surface area (Å²) in [7, 11) is 1.24. The van der Waals surface area contributed by atoms with Crippen molar-refractivity contribution >= 4 is 40.8 Å². The van der Waals surface area contributed by atoms with Crippen molar-refractivity contribution in [3.05, 3.63) is 58.6 Å². The number of amides is 2. The number of nitrogens with one attached hydrogen (secondary N) is 2. The van der Waals surface area contributed by atoms with Crippen LogP contribution in [0.4, 0.5) is 11.4 Å². The van der Waals surface area contributed by atoms with E-state index in [-0.39, 0.29) is 16.3 Å². The van der Waals surface area contributed by atoms with Crippen LogP contribution in [0.25, 0.3) is 0 Å². The maximum Gasteiger partial charge on any atom is 0.337 e. The van der Waals surface area contributed by atoms with Gasteiger partial charge in [0.1, 0.15) is 6.42 Å². The van der Waals surface area contributed by atoms with E-state index in [2.05, 4.69) is 15.4 Å². The van der Waals surface area contributed by atoms with Crippen LogP contribution < -0.4 is 10.6 Å². The molecule has 2 N–H and O–H groups in total. The lowest BCUT2D eigenvalue weighted by atomic mass is 10.2. The standard InChI is InChI=1S/C18H14ClN3O4/c1-26-18(25)12-4-7-14(19)15(8-12)22-17(24)9-16(23)21-13-5-2-11(10-20)3-6-13/h2-8H,9H2,1H3,(H,21,23)(H,22,24). The fourth-order valence-corrected chi connectivity index (χ4v) is 2.20. The second kappa shape index (κ2) is 8.65. The summed E-state index contributed by atoms with van der Waals surface area (Å²) in [4.78, 5) is 35.5. The van der Waals surface area contributed by atoms with Crippen molar-refractivity contribution in [1.29, 1.82) is 5.26 Å². The molecule has 0 aliphatic carbocycles. The lowest BCUT2D eigenvalue weighted by Crippen LogP contribution is -2.21. The summed E-state index contributed by atoms with van der Waals surface area (Å²) >= 11 is 5.99. The van der Waals surface area contributed by atoms with Gasteiger partial charge in [-0.1, -0.05) is 11.6 Å². The maximum absolute atomic E-state index is 12.0. The maximum atomic E-state index is 12.0. The van der Waals surface area contributed by atoms with Gasteiger partial charge in [-0.2, -0.15) is 5.26 Å². The molecule has 2 rings (SSSR count). The van der Waals surface area contributed by atoms with Crippen molar-refractivity contribution < 1.29 is 19.1 Å². The second-order valence-electron chi connectivity index (χ2n) is 5.15. The molecule has 132 valence electrons. The Bertz CT molecular complexity index is 888. The predicted molar refractivity (Wildman–Crippen MR) is 95.8 cm³/mol. The van der Waals surface area contributed by atoms with E-state index >= 15 is 0 Å². The molecule has 2 amide bonds. The van der Waals surface area contributed by atoms with Crippen molar-refractivity contribution in [3.63, 3.8) is 0 Å². The van der Waals surface area contributed by atoms with Gasteiger partial charge in [-0.25, -0.2) is 4.79 Å². The number of carbonyl (C=O) groups is 3. The summed E-state index contributed by atoms with van der Waals surface area (Å²) in [5, 5.41) is 14.0. The van der Waals surface area contributed by atoms with Gasteiger partial charge in [0.25, 0.3) is 0 Å². The summed E-state index contributed by atoms with van der Waals surface area (Å²) in [5.41, 5.74) is 1.34. The van der Waals surface area contributed by atoms with Crippen molar-refractivity contribution in [2.24, 2.45) is 0 Å². The molecule has 7 nitrogen and oxygen atoms in total. The van der Waals surface area contributed by atoms with Gasteiger partial charge < -0.3 is 15.4 Å². The first kappa shape index (κ1) is 19.0. The molecule has 0 aliphatic rings. The fourth-order valence-electron chi connectivity index (χ4n) is 2.04. The van der Waals surface area contributed by atoms with Crippen LogP contribution >= 0.6 is 11.6 Å². The monoisotopic (exact) mass is 371 g/mol. The SMILES string of the molecule is COC(=O)c1ccc(Cl)c(NC(=O)CC(=O)Nc2ccc(C#N)cc2)c1. The summed E-state index contributed by atoms with van der Waals surface area (Å²) in [6, 6.07) is 12.5. The molecule has 0 unspecified atom stereocenters. The Morgan fingerprint density at radius 3 is 2.35 bits per heavy atom. The lowest BCUT2D eigenvalue weighted by Gasteiger charge is -2.09. The lowest BCUT2D eigenvalue weighted by molar-refractivity contribution is -0.123. The Kier molecular flexibility index (Phi) is 6.31. The highest BCUT2D eigenvalue weighted by molar-refractivity contribution is 6.34.